The zero-order valence-electron chi connectivity index (χ0n) is 7.83. The molecule has 5 heteroatoms. The molecule has 0 aromatic carbocycles. The van der Waals surface area contributed by atoms with Crippen molar-refractivity contribution in [3.8, 4) is 0 Å². The quantitative estimate of drug-likeness (QED) is 0.316. The number of hydrogen-bond acceptors (Lipinski definition) is 3. The van der Waals surface area contributed by atoms with Crippen molar-refractivity contribution in [2.75, 3.05) is 13.1 Å². The van der Waals surface area contributed by atoms with Crippen molar-refractivity contribution in [1.82, 2.24) is 10.3 Å². The molecule has 0 radical (unpaired) electrons. The summed E-state index contributed by atoms with van der Waals surface area (Å²) in [6.45, 7) is 1.42. The van der Waals surface area contributed by atoms with E-state index in [1.54, 1.807) is 4.90 Å². The van der Waals surface area contributed by atoms with Gasteiger partial charge >= 0.3 is 6.03 Å². The van der Waals surface area contributed by atoms with Crippen LogP contribution in [-0.4, -0.2) is 30.1 Å². The fourth-order valence-electron chi connectivity index (χ4n) is 1.84. The van der Waals surface area contributed by atoms with Gasteiger partial charge in [-0.25, -0.2) is 10.6 Å². The van der Waals surface area contributed by atoms with Gasteiger partial charge in [0, 0.05) is 12.6 Å². The lowest BCUT2D eigenvalue weighted by atomic mass is 10.00. The Balaban J connectivity index is 2.50. The van der Waals surface area contributed by atoms with Crippen molar-refractivity contribution in [1.29, 1.82) is 0 Å². The number of nitrogens with one attached hydrogen (secondary N) is 1. The molecule has 1 unspecified atom stereocenters. The predicted molar refractivity (Wildman–Crippen MR) is 50.7 cm³/mol. The molecule has 1 rings (SSSR count). The lowest BCUT2D eigenvalue weighted by Gasteiger charge is -2.35. The van der Waals surface area contributed by atoms with E-state index in [1.165, 1.54) is 6.42 Å². The molecule has 5 N–H and O–H groups in total. The van der Waals surface area contributed by atoms with Crippen LogP contribution in [0.25, 0.3) is 0 Å². The number of hydrazine groups is 1. The topological polar surface area (TPSA) is 84.4 Å². The Kier molecular flexibility index (Phi) is 3.98. The van der Waals surface area contributed by atoms with Crippen molar-refractivity contribution in [3.63, 3.8) is 0 Å². The second-order valence-corrected chi connectivity index (χ2v) is 3.37. The smallest absolute Gasteiger partial charge is 0.330 e. The van der Waals surface area contributed by atoms with Crippen molar-refractivity contribution in [2.24, 2.45) is 11.6 Å². The molecule has 1 heterocycles. The summed E-state index contributed by atoms with van der Waals surface area (Å²) in [5, 5.41) is 0. The number of hydrogen-bond donors (Lipinski definition) is 3. The zero-order valence-corrected chi connectivity index (χ0v) is 7.83. The molecule has 1 saturated heterocycles. The largest absolute Gasteiger partial charge is 0.331 e. The van der Waals surface area contributed by atoms with Crippen molar-refractivity contribution < 1.29 is 4.79 Å². The number of nitrogens with two attached hydrogens (primary N) is 2. The third kappa shape index (κ3) is 2.57. The Morgan fingerprint density at radius 1 is 1.54 bits per heavy atom. The lowest BCUT2D eigenvalue weighted by molar-refractivity contribution is 0.148. The SMILES string of the molecule is NCCC1CCCCN1C(=O)NN. The summed E-state index contributed by atoms with van der Waals surface area (Å²) in [5.74, 6) is 5.09. The molecule has 1 aliphatic rings. The molecule has 1 fully saturated rings. The van der Waals surface area contributed by atoms with E-state index in [2.05, 4.69) is 5.43 Å². The molecule has 0 bridgehead atoms. The summed E-state index contributed by atoms with van der Waals surface area (Å²) in [4.78, 5) is 13.1. The molecule has 2 amide bonds. The van der Waals surface area contributed by atoms with Crippen LogP contribution in [0.2, 0.25) is 0 Å². The first kappa shape index (κ1) is 10.3. The lowest BCUT2D eigenvalue weighted by Crippen LogP contribution is -2.51. The van der Waals surface area contributed by atoms with Crippen molar-refractivity contribution >= 4 is 6.03 Å². The van der Waals surface area contributed by atoms with Gasteiger partial charge in [0.1, 0.15) is 0 Å². The molecule has 13 heavy (non-hydrogen) atoms. The van der Waals surface area contributed by atoms with Crippen LogP contribution >= 0.6 is 0 Å². The van der Waals surface area contributed by atoms with E-state index >= 15 is 0 Å². The molecule has 76 valence electrons. The van der Waals surface area contributed by atoms with Gasteiger partial charge in [0.05, 0.1) is 0 Å². The van der Waals surface area contributed by atoms with E-state index in [9.17, 15) is 4.79 Å². The minimum Gasteiger partial charge on any atom is -0.330 e. The summed E-state index contributed by atoms with van der Waals surface area (Å²) < 4.78 is 0. The fourth-order valence-corrected chi connectivity index (χ4v) is 1.84. The molecule has 0 aromatic heterocycles. The van der Waals surface area contributed by atoms with E-state index in [4.69, 9.17) is 11.6 Å². The van der Waals surface area contributed by atoms with E-state index in [-0.39, 0.29) is 12.1 Å². The van der Waals surface area contributed by atoms with Crippen LogP contribution < -0.4 is 17.0 Å². The molecule has 0 spiro atoms. The molecule has 1 atom stereocenters. The number of likely N-dealkylation sites (tertiary alicyclic amines) is 1. The monoisotopic (exact) mass is 186 g/mol. The maximum absolute atomic E-state index is 11.3. The highest BCUT2D eigenvalue weighted by atomic mass is 16.2. The van der Waals surface area contributed by atoms with Crippen LogP contribution in [-0.2, 0) is 0 Å². The van der Waals surface area contributed by atoms with Gasteiger partial charge in [-0.15, -0.1) is 0 Å². The molecular weight excluding hydrogens is 168 g/mol. The van der Waals surface area contributed by atoms with Crippen molar-refractivity contribution in [3.05, 3.63) is 0 Å². The third-order valence-electron chi connectivity index (χ3n) is 2.51. The molecule has 0 saturated carbocycles. The summed E-state index contributed by atoms with van der Waals surface area (Å²) in [7, 11) is 0. The van der Waals surface area contributed by atoms with Gasteiger partial charge in [-0.05, 0) is 32.2 Å². The first-order valence-corrected chi connectivity index (χ1v) is 4.77. The van der Waals surface area contributed by atoms with Gasteiger partial charge in [0.2, 0.25) is 0 Å². The zero-order chi connectivity index (χ0) is 9.68. The first-order chi connectivity index (χ1) is 6.29. The highest BCUT2D eigenvalue weighted by Gasteiger charge is 2.25. The Bertz CT molecular complexity index is 172. The van der Waals surface area contributed by atoms with Gasteiger partial charge < -0.3 is 10.6 Å². The van der Waals surface area contributed by atoms with Crippen LogP contribution in [0.3, 0.4) is 0 Å². The van der Waals surface area contributed by atoms with E-state index in [0.29, 0.717) is 6.54 Å². The Hall–Kier alpha value is -0.810. The maximum atomic E-state index is 11.3. The van der Waals surface area contributed by atoms with Crippen LogP contribution in [0, 0.1) is 0 Å². The standard InChI is InChI=1S/C8H18N4O/c9-5-4-7-3-1-2-6-12(7)8(13)11-10/h7H,1-6,9-10H2,(H,11,13). The molecular formula is C8H18N4O. The first-order valence-electron chi connectivity index (χ1n) is 4.77. The van der Waals surface area contributed by atoms with Crippen LogP contribution in [0.1, 0.15) is 25.7 Å². The summed E-state index contributed by atoms with van der Waals surface area (Å²) >= 11 is 0. The second kappa shape index (κ2) is 5.04. The predicted octanol–water partition coefficient (Wildman–Crippen LogP) is -0.227. The van der Waals surface area contributed by atoms with Crippen LogP contribution in [0.4, 0.5) is 4.79 Å². The second-order valence-electron chi connectivity index (χ2n) is 3.37. The highest BCUT2D eigenvalue weighted by molar-refractivity contribution is 5.73. The summed E-state index contributed by atoms with van der Waals surface area (Å²) in [6.07, 6.45) is 4.16. The fraction of sp³-hybridized carbons (Fsp3) is 0.875. The summed E-state index contributed by atoms with van der Waals surface area (Å²) in [6, 6.07) is 0.0976. The number of nitrogens with zero attached hydrogens (tertiary/aromatic N) is 1. The number of carbonyl (C=O) groups is 1. The van der Waals surface area contributed by atoms with E-state index < -0.39 is 0 Å². The Morgan fingerprint density at radius 3 is 2.92 bits per heavy atom. The molecule has 0 aromatic rings. The minimum atomic E-state index is -0.182. The van der Waals surface area contributed by atoms with Gasteiger partial charge in [-0.3, -0.25) is 5.43 Å². The van der Waals surface area contributed by atoms with Gasteiger partial charge in [-0.1, -0.05) is 0 Å². The van der Waals surface area contributed by atoms with E-state index in [1.807, 2.05) is 0 Å². The Labute approximate surface area is 78.4 Å². The normalized spacial score (nSPS) is 22.9. The minimum absolute atomic E-state index is 0.182. The van der Waals surface area contributed by atoms with Crippen molar-refractivity contribution in [2.45, 2.75) is 31.7 Å². The van der Waals surface area contributed by atoms with Crippen LogP contribution in [0.5, 0.6) is 0 Å². The van der Waals surface area contributed by atoms with Crippen LogP contribution in [0.15, 0.2) is 0 Å². The molecule has 1 aliphatic heterocycles. The third-order valence-corrected chi connectivity index (χ3v) is 2.51. The highest BCUT2D eigenvalue weighted by Crippen LogP contribution is 2.18. The summed E-state index contributed by atoms with van der Waals surface area (Å²) in [5.41, 5.74) is 7.64. The number of piperidine rings is 1. The number of amides is 2. The molecule has 0 aliphatic carbocycles. The number of carbonyl (C=O) groups excluding carboxylic acids is 1. The van der Waals surface area contributed by atoms with Gasteiger partial charge in [0.15, 0.2) is 0 Å². The Morgan fingerprint density at radius 2 is 2.31 bits per heavy atom. The van der Waals surface area contributed by atoms with Gasteiger partial charge in [0.25, 0.3) is 0 Å². The number of rotatable bonds is 2. The average Bonchev–Trinajstić information content (AvgIpc) is 2.18. The van der Waals surface area contributed by atoms with E-state index in [0.717, 1.165) is 25.8 Å². The molecule has 5 nitrogen and oxygen atoms in total. The average molecular weight is 186 g/mol. The van der Waals surface area contributed by atoms with Gasteiger partial charge in [-0.2, -0.15) is 0 Å². The maximum Gasteiger partial charge on any atom is 0.331 e. The number of urea groups is 1.